The molecule has 3 rings (SSSR count). The van der Waals surface area contributed by atoms with Gasteiger partial charge in [0, 0.05) is 30.9 Å². The van der Waals surface area contributed by atoms with Crippen LogP contribution in [0.5, 0.6) is 0 Å². The number of hydrogen-bond donors (Lipinski definition) is 0. The third kappa shape index (κ3) is 5.83. The van der Waals surface area contributed by atoms with E-state index in [0.717, 1.165) is 43.9 Å². The van der Waals surface area contributed by atoms with Crippen LogP contribution in [0, 0.1) is 19.8 Å². The first kappa shape index (κ1) is 23.2. The first-order valence-corrected chi connectivity index (χ1v) is 11.8. The molecule has 0 unspecified atom stereocenters. The van der Waals surface area contributed by atoms with Crippen molar-refractivity contribution in [3.05, 3.63) is 88.1 Å². The van der Waals surface area contributed by atoms with Gasteiger partial charge in [0.2, 0.25) is 0 Å². The minimum absolute atomic E-state index is 0.625. The van der Waals surface area contributed by atoms with Gasteiger partial charge in [-0.3, -0.25) is 9.88 Å². The first-order valence-electron chi connectivity index (χ1n) is 11.8. The number of pyridine rings is 1. The zero-order chi connectivity index (χ0) is 22.4. The molecule has 2 aromatic carbocycles. The Morgan fingerprint density at radius 1 is 0.839 bits per heavy atom. The van der Waals surface area contributed by atoms with Gasteiger partial charge in [-0.25, -0.2) is 0 Å². The Morgan fingerprint density at radius 3 is 2.03 bits per heavy atom. The van der Waals surface area contributed by atoms with E-state index in [2.05, 4.69) is 101 Å². The fraction of sp³-hybridized carbons (Fsp3) is 0.414. The number of hydrogen-bond acceptors (Lipinski definition) is 2. The number of aryl methyl sites for hydroxylation is 4. The molecule has 0 aliphatic heterocycles. The molecule has 0 spiro atoms. The van der Waals surface area contributed by atoms with Crippen molar-refractivity contribution in [3.8, 4) is 11.3 Å². The number of nitrogens with zero attached hydrogens (tertiary/aromatic N) is 2. The average molecular weight is 415 g/mol. The SMILES string of the molecule is CCc1cccc(CC)c1-c1cc(C)c(CN(Cc2ccccc2)CC(C)C)c(C)n1. The van der Waals surface area contributed by atoms with Gasteiger partial charge in [0.25, 0.3) is 0 Å². The van der Waals surface area contributed by atoms with Gasteiger partial charge in [-0.05, 0) is 66.5 Å². The molecule has 1 heterocycles. The van der Waals surface area contributed by atoms with E-state index in [1.165, 1.54) is 33.4 Å². The Kier molecular flexibility index (Phi) is 8.03. The topological polar surface area (TPSA) is 16.1 Å². The normalized spacial score (nSPS) is 11.5. The predicted octanol–water partition coefficient (Wildman–Crippen LogP) is 7.15. The van der Waals surface area contributed by atoms with Gasteiger partial charge < -0.3 is 0 Å². The highest BCUT2D eigenvalue weighted by Crippen LogP contribution is 2.30. The molecule has 0 bridgehead atoms. The molecule has 0 fully saturated rings. The smallest absolute Gasteiger partial charge is 0.0713 e. The van der Waals surface area contributed by atoms with Crippen molar-refractivity contribution < 1.29 is 0 Å². The van der Waals surface area contributed by atoms with Crippen LogP contribution in [0.3, 0.4) is 0 Å². The van der Waals surface area contributed by atoms with E-state index in [-0.39, 0.29) is 0 Å². The molecule has 0 N–H and O–H groups in total. The van der Waals surface area contributed by atoms with Crippen LogP contribution < -0.4 is 0 Å². The zero-order valence-corrected chi connectivity index (χ0v) is 20.2. The van der Waals surface area contributed by atoms with Crippen LogP contribution in [0.2, 0.25) is 0 Å². The van der Waals surface area contributed by atoms with Crippen LogP contribution in [-0.4, -0.2) is 16.4 Å². The largest absolute Gasteiger partial charge is 0.295 e. The van der Waals surface area contributed by atoms with E-state index in [1.807, 2.05) is 0 Å². The zero-order valence-electron chi connectivity index (χ0n) is 20.2. The highest BCUT2D eigenvalue weighted by Gasteiger charge is 2.17. The third-order valence-corrected chi connectivity index (χ3v) is 6.06. The van der Waals surface area contributed by atoms with Crippen molar-refractivity contribution in [2.75, 3.05) is 6.54 Å². The first-order chi connectivity index (χ1) is 14.9. The third-order valence-electron chi connectivity index (χ3n) is 6.06. The lowest BCUT2D eigenvalue weighted by Gasteiger charge is -2.26. The Morgan fingerprint density at radius 2 is 1.48 bits per heavy atom. The number of benzene rings is 2. The maximum absolute atomic E-state index is 5.13. The highest BCUT2D eigenvalue weighted by molar-refractivity contribution is 5.69. The number of rotatable bonds is 9. The molecule has 164 valence electrons. The summed E-state index contributed by atoms with van der Waals surface area (Å²) in [7, 11) is 0. The molecule has 0 saturated heterocycles. The van der Waals surface area contributed by atoms with E-state index >= 15 is 0 Å². The van der Waals surface area contributed by atoms with Gasteiger partial charge in [-0.2, -0.15) is 0 Å². The van der Waals surface area contributed by atoms with Crippen LogP contribution >= 0.6 is 0 Å². The summed E-state index contributed by atoms with van der Waals surface area (Å²) < 4.78 is 0. The van der Waals surface area contributed by atoms with Gasteiger partial charge in [0.15, 0.2) is 0 Å². The van der Waals surface area contributed by atoms with Crippen molar-refractivity contribution in [2.45, 2.75) is 67.5 Å². The summed E-state index contributed by atoms with van der Waals surface area (Å²) in [6.07, 6.45) is 2.06. The molecule has 0 saturated carbocycles. The molecule has 3 aromatic rings. The summed E-state index contributed by atoms with van der Waals surface area (Å²) in [5.74, 6) is 0.625. The summed E-state index contributed by atoms with van der Waals surface area (Å²) in [5, 5.41) is 0. The predicted molar refractivity (Wildman–Crippen MR) is 133 cm³/mol. The van der Waals surface area contributed by atoms with Crippen molar-refractivity contribution in [1.82, 2.24) is 9.88 Å². The fourth-order valence-corrected chi connectivity index (χ4v) is 4.56. The Hall–Kier alpha value is -2.45. The molecule has 2 nitrogen and oxygen atoms in total. The molecule has 0 atom stereocenters. The van der Waals surface area contributed by atoms with Crippen molar-refractivity contribution in [1.29, 1.82) is 0 Å². The molecular formula is C29H38N2. The molecule has 31 heavy (non-hydrogen) atoms. The van der Waals surface area contributed by atoms with E-state index in [0.29, 0.717) is 5.92 Å². The Balaban J connectivity index is 1.94. The molecule has 1 aromatic heterocycles. The fourth-order valence-electron chi connectivity index (χ4n) is 4.56. The van der Waals surface area contributed by atoms with Gasteiger partial charge >= 0.3 is 0 Å². The van der Waals surface area contributed by atoms with Crippen LogP contribution in [0.1, 0.15) is 61.2 Å². The lowest BCUT2D eigenvalue weighted by Crippen LogP contribution is -2.28. The van der Waals surface area contributed by atoms with E-state index < -0.39 is 0 Å². The van der Waals surface area contributed by atoms with Gasteiger partial charge in [0.05, 0.1) is 5.69 Å². The summed E-state index contributed by atoms with van der Waals surface area (Å²) in [6, 6.07) is 19.8. The summed E-state index contributed by atoms with van der Waals surface area (Å²) in [6.45, 7) is 16.5. The van der Waals surface area contributed by atoms with E-state index in [1.54, 1.807) is 0 Å². The van der Waals surface area contributed by atoms with Crippen molar-refractivity contribution in [3.63, 3.8) is 0 Å². The average Bonchev–Trinajstić information content (AvgIpc) is 2.75. The van der Waals surface area contributed by atoms with Crippen LogP contribution in [0.25, 0.3) is 11.3 Å². The summed E-state index contributed by atoms with van der Waals surface area (Å²) >= 11 is 0. The standard InChI is InChI=1S/C29H38N2/c1-7-25-15-12-16-26(8-2)29(25)28-17-22(5)27(23(6)30-28)20-31(18-21(3)4)19-24-13-10-9-11-14-24/h9-17,21H,7-8,18-20H2,1-6H3. The molecule has 0 aliphatic carbocycles. The highest BCUT2D eigenvalue weighted by atomic mass is 15.1. The molecule has 0 aliphatic rings. The monoisotopic (exact) mass is 414 g/mol. The van der Waals surface area contributed by atoms with Gasteiger partial charge in [0.1, 0.15) is 0 Å². The quantitative estimate of drug-likeness (QED) is 0.369. The molecule has 0 radical (unpaired) electrons. The lowest BCUT2D eigenvalue weighted by molar-refractivity contribution is 0.226. The maximum Gasteiger partial charge on any atom is 0.0713 e. The van der Waals surface area contributed by atoms with Crippen LogP contribution in [0.4, 0.5) is 0 Å². The minimum Gasteiger partial charge on any atom is -0.295 e. The Labute approximate surface area is 189 Å². The second-order valence-corrected chi connectivity index (χ2v) is 9.10. The summed E-state index contributed by atoms with van der Waals surface area (Å²) in [5.41, 5.74) is 10.5. The second-order valence-electron chi connectivity index (χ2n) is 9.10. The summed E-state index contributed by atoms with van der Waals surface area (Å²) in [4.78, 5) is 7.70. The minimum atomic E-state index is 0.625. The van der Waals surface area contributed by atoms with Gasteiger partial charge in [-0.1, -0.05) is 76.2 Å². The molecule has 2 heteroatoms. The van der Waals surface area contributed by atoms with Crippen LogP contribution in [0.15, 0.2) is 54.6 Å². The second kappa shape index (κ2) is 10.7. The van der Waals surface area contributed by atoms with Crippen molar-refractivity contribution in [2.24, 2.45) is 5.92 Å². The number of aromatic nitrogens is 1. The van der Waals surface area contributed by atoms with Gasteiger partial charge in [-0.15, -0.1) is 0 Å². The van der Waals surface area contributed by atoms with E-state index in [9.17, 15) is 0 Å². The van der Waals surface area contributed by atoms with Crippen molar-refractivity contribution >= 4 is 0 Å². The maximum atomic E-state index is 5.13. The Bertz CT molecular complexity index is 944. The van der Waals surface area contributed by atoms with Crippen LogP contribution in [-0.2, 0) is 25.9 Å². The van der Waals surface area contributed by atoms with E-state index in [4.69, 9.17) is 4.98 Å². The molecular weight excluding hydrogens is 376 g/mol. The lowest BCUT2D eigenvalue weighted by atomic mass is 9.93. The molecule has 0 amide bonds.